The van der Waals surface area contributed by atoms with Crippen molar-refractivity contribution in [3.63, 3.8) is 0 Å². The number of methoxy groups -OCH3 is 2. The van der Waals surface area contributed by atoms with Gasteiger partial charge >= 0.3 is 5.97 Å². The van der Waals surface area contributed by atoms with Crippen molar-refractivity contribution in [3.8, 4) is 11.5 Å². The molecule has 190 valence electrons. The average molecular weight is 498 g/mol. The number of fused-ring (bicyclic) bond motifs is 6. The summed E-state index contributed by atoms with van der Waals surface area (Å²) in [6.45, 7) is 2.32. The van der Waals surface area contributed by atoms with Crippen LogP contribution < -0.4 is 14.8 Å². The number of carbonyl (C=O) groups excluding carboxylic acids is 1. The summed E-state index contributed by atoms with van der Waals surface area (Å²) in [7, 11) is 5.04. The topological polar surface area (TPSA) is 75.8 Å². The van der Waals surface area contributed by atoms with Crippen molar-refractivity contribution in [2.24, 2.45) is 0 Å². The Labute approximate surface area is 216 Å². The lowest BCUT2D eigenvalue weighted by Crippen LogP contribution is -2.39. The van der Waals surface area contributed by atoms with Crippen LogP contribution in [0.3, 0.4) is 0 Å². The van der Waals surface area contributed by atoms with Crippen LogP contribution in [0.4, 0.5) is 5.69 Å². The smallest absolute Gasteiger partial charge is 0.337 e. The van der Waals surface area contributed by atoms with Crippen molar-refractivity contribution in [1.29, 1.82) is 0 Å². The fourth-order valence-electron chi connectivity index (χ4n) is 5.70. The van der Waals surface area contributed by atoms with Crippen LogP contribution in [0.5, 0.6) is 11.5 Å². The monoisotopic (exact) mass is 497 g/mol. The molecule has 0 radical (unpaired) electrons. The number of H-pyrrole nitrogens is 1. The molecule has 2 aliphatic heterocycles. The predicted molar refractivity (Wildman–Crippen MR) is 144 cm³/mol. The van der Waals surface area contributed by atoms with Gasteiger partial charge in [-0.05, 0) is 77.6 Å². The number of ether oxygens (including phenoxy) is 3. The van der Waals surface area contributed by atoms with Crippen molar-refractivity contribution < 1.29 is 19.0 Å². The molecule has 0 amide bonds. The van der Waals surface area contributed by atoms with Gasteiger partial charge < -0.3 is 24.5 Å². The number of nitrogens with one attached hydrogen (secondary N) is 2. The molecule has 0 bridgehead atoms. The van der Waals surface area contributed by atoms with Crippen molar-refractivity contribution >= 4 is 22.6 Å². The molecule has 2 N–H and O–H groups in total. The molecule has 3 heterocycles. The summed E-state index contributed by atoms with van der Waals surface area (Å²) in [6.07, 6.45) is 1.94. The first-order chi connectivity index (χ1) is 18.1. The Morgan fingerprint density at radius 2 is 1.92 bits per heavy atom. The summed E-state index contributed by atoms with van der Waals surface area (Å²) in [6, 6.07) is 18.4. The Hall–Kier alpha value is -3.97. The molecular weight excluding hydrogens is 466 g/mol. The van der Waals surface area contributed by atoms with Gasteiger partial charge in [0.1, 0.15) is 6.61 Å². The van der Waals surface area contributed by atoms with E-state index in [9.17, 15) is 4.79 Å². The third-order valence-corrected chi connectivity index (χ3v) is 7.70. The molecule has 0 saturated carbocycles. The van der Waals surface area contributed by atoms with Gasteiger partial charge in [-0.15, -0.1) is 0 Å². The van der Waals surface area contributed by atoms with E-state index in [-0.39, 0.29) is 5.97 Å². The van der Waals surface area contributed by atoms with Crippen molar-refractivity contribution in [2.45, 2.75) is 32.0 Å². The normalized spacial score (nSPS) is 16.5. The summed E-state index contributed by atoms with van der Waals surface area (Å²) in [5.74, 6) is 1.14. The second-order valence-corrected chi connectivity index (χ2v) is 9.71. The minimum absolute atomic E-state index is 0.308. The van der Waals surface area contributed by atoms with Gasteiger partial charge in [-0.25, -0.2) is 4.79 Å². The minimum Gasteiger partial charge on any atom is -0.493 e. The highest BCUT2D eigenvalue weighted by Crippen LogP contribution is 2.44. The number of anilines is 1. The number of rotatable bonds is 6. The van der Waals surface area contributed by atoms with Crippen molar-refractivity contribution in [1.82, 2.24) is 9.88 Å². The van der Waals surface area contributed by atoms with Gasteiger partial charge in [-0.2, -0.15) is 0 Å². The van der Waals surface area contributed by atoms with Crippen molar-refractivity contribution in [3.05, 3.63) is 88.1 Å². The first kappa shape index (κ1) is 23.4. The van der Waals surface area contributed by atoms with Crippen molar-refractivity contribution in [2.75, 3.05) is 33.1 Å². The van der Waals surface area contributed by atoms with E-state index >= 15 is 0 Å². The van der Waals surface area contributed by atoms with E-state index in [1.807, 2.05) is 19.2 Å². The maximum Gasteiger partial charge on any atom is 0.337 e. The largest absolute Gasteiger partial charge is 0.493 e. The molecular formula is C30H31N3O4. The molecule has 1 atom stereocenters. The molecule has 0 fully saturated rings. The molecule has 6 rings (SSSR count). The summed E-state index contributed by atoms with van der Waals surface area (Å²) in [5.41, 5.74) is 9.20. The molecule has 0 aliphatic carbocycles. The molecule has 4 aromatic rings. The van der Waals surface area contributed by atoms with Gasteiger partial charge in [0.2, 0.25) is 0 Å². The van der Waals surface area contributed by atoms with Crippen LogP contribution in [0.15, 0.2) is 54.6 Å². The average Bonchev–Trinajstić information content (AvgIpc) is 3.30. The highest BCUT2D eigenvalue weighted by molar-refractivity contribution is 5.89. The third kappa shape index (κ3) is 4.19. The van der Waals surface area contributed by atoms with Crippen LogP contribution in [0.1, 0.15) is 44.3 Å². The molecule has 2 aliphatic rings. The molecule has 3 aromatic carbocycles. The Kier molecular flexibility index (Phi) is 6.00. The Morgan fingerprint density at radius 1 is 1.08 bits per heavy atom. The predicted octanol–water partition coefficient (Wildman–Crippen LogP) is 5.24. The van der Waals surface area contributed by atoms with Crippen LogP contribution in [0.25, 0.3) is 10.9 Å². The zero-order chi connectivity index (χ0) is 25.5. The number of esters is 1. The SMILES string of the molecule is CNc1ccc2[nH]c3c(c2c1)CC1c2cc(OC)c(OCc4ccc(C(=O)OC)cc4)cc2CCN1C3. The van der Waals surface area contributed by atoms with Gasteiger partial charge in [0.05, 0.1) is 19.8 Å². The summed E-state index contributed by atoms with van der Waals surface area (Å²) in [4.78, 5) is 17.9. The lowest BCUT2D eigenvalue weighted by molar-refractivity contribution is 0.0600. The number of nitrogens with zero attached hydrogens (tertiary/aromatic N) is 1. The number of benzene rings is 3. The summed E-state index contributed by atoms with van der Waals surface area (Å²) >= 11 is 0. The molecule has 37 heavy (non-hydrogen) atoms. The van der Waals surface area contributed by atoms with E-state index in [0.717, 1.165) is 48.7 Å². The van der Waals surface area contributed by atoms with Gasteiger partial charge in [0.25, 0.3) is 0 Å². The Balaban J connectivity index is 1.26. The Morgan fingerprint density at radius 3 is 2.68 bits per heavy atom. The summed E-state index contributed by atoms with van der Waals surface area (Å²) in [5, 5.41) is 4.57. The third-order valence-electron chi connectivity index (χ3n) is 7.70. The second-order valence-electron chi connectivity index (χ2n) is 9.71. The van der Waals surface area contributed by atoms with Gasteiger partial charge in [-0.1, -0.05) is 12.1 Å². The minimum atomic E-state index is -0.345. The Bertz CT molecular complexity index is 1470. The lowest BCUT2D eigenvalue weighted by Gasteiger charge is -2.40. The van der Waals surface area contributed by atoms with E-state index in [1.165, 1.54) is 40.4 Å². The first-order valence-corrected chi connectivity index (χ1v) is 12.6. The van der Waals surface area contributed by atoms with E-state index < -0.39 is 0 Å². The van der Waals surface area contributed by atoms with Crippen LogP contribution in [-0.2, 0) is 30.7 Å². The number of aromatic amines is 1. The van der Waals surface area contributed by atoms with Crippen LogP contribution in [0.2, 0.25) is 0 Å². The maximum atomic E-state index is 11.7. The van der Waals surface area contributed by atoms with E-state index in [4.69, 9.17) is 14.2 Å². The zero-order valence-electron chi connectivity index (χ0n) is 21.4. The van der Waals surface area contributed by atoms with Crippen LogP contribution >= 0.6 is 0 Å². The van der Waals surface area contributed by atoms with Gasteiger partial charge in [0.15, 0.2) is 11.5 Å². The van der Waals surface area contributed by atoms with E-state index in [1.54, 1.807) is 19.2 Å². The van der Waals surface area contributed by atoms with Gasteiger partial charge in [0, 0.05) is 48.5 Å². The first-order valence-electron chi connectivity index (χ1n) is 12.6. The maximum absolute atomic E-state index is 11.7. The van der Waals surface area contributed by atoms with E-state index in [2.05, 4.69) is 45.5 Å². The summed E-state index contributed by atoms with van der Waals surface area (Å²) < 4.78 is 16.8. The highest BCUT2D eigenvalue weighted by Gasteiger charge is 2.34. The fraction of sp³-hybridized carbons (Fsp3) is 0.300. The molecule has 7 heteroatoms. The molecule has 0 spiro atoms. The molecule has 1 aromatic heterocycles. The second kappa shape index (κ2) is 9.48. The number of hydrogen-bond acceptors (Lipinski definition) is 6. The highest BCUT2D eigenvalue weighted by atomic mass is 16.5. The van der Waals surface area contributed by atoms with E-state index in [0.29, 0.717) is 18.2 Å². The fourth-order valence-corrected chi connectivity index (χ4v) is 5.70. The van der Waals surface area contributed by atoms with Gasteiger partial charge in [-0.3, -0.25) is 4.90 Å². The lowest BCUT2D eigenvalue weighted by atomic mass is 9.85. The molecule has 7 nitrogen and oxygen atoms in total. The van der Waals surface area contributed by atoms with Crippen LogP contribution in [0, 0.1) is 0 Å². The standard InChI is InChI=1S/C30H31N3O4/c1-31-21-8-9-25-23(13-21)24-14-27-22-15-28(35-2)29(12-20(22)10-11-33(27)16-26(24)32-25)37-17-18-4-6-19(7-5-18)30(34)36-3/h4-9,12-13,15,27,31-32H,10-11,14,16-17H2,1-3H3. The molecule has 0 saturated heterocycles. The number of hydrogen-bond donors (Lipinski definition) is 2. The quantitative estimate of drug-likeness (QED) is 0.355. The molecule has 1 unspecified atom stereocenters. The number of carbonyl (C=O) groups is 1. The number of aromatic nitrogens is 1. The zero-order valence-corrected chi connectivity index (χ0v) is 21.4. The van der Waals surface area contributed by atoms with Crippen LogP contribution in [-0.4, -0.2) is 43.7 Å².